The minimum atomic E-state index is -0.272. The molecule has 0 spiro atoms. The summed E-state index contributed by atoms with van der Waals surface area (Å²) in [6.45, 7) is 2.78. The van der Waals surface area contributed by atoms with Crippen molar-refractivity contribution in [2.45, 2.75) is 20.1 Å². The second-order valence-electron chi connectivity index (χ2n) is 5.48. The molecule has 6 heteroatoms. The third kappa shape index (κ3) is 3.91. The van der Waals surface area contributed by atoms with Crippen LogP contribution in [-0.2, 0) is 17.9 Å². The van der Waals surface area contributed by atoms with E-state index in [2.05, 4.69) is 15.6 Å². The number of aryl methyl sites for hydroxylation is 1. The maximum absolute atomic E-state index is 12.0. The van der Waals surface area contributed by atoms with E-state index in [1.165, 1.54) is 0 Å². The van der Waals surface area contributed by atoms with Crippen molar-refractivity contribution in [1.82, 2.24) is 10.3 Å². The third-order valence-corrected chi connectivity index (χ3v) is 3.51. The molecule has 0 saturated carbocycles. The van der Waals surface area contributed by atoms with Crippen LogP contribution in [0.2, 0.25) is 0 Å². The fraction of sp³-hybridized carbons (Fsp3) is 0.222. The molecule has 0 aliphatic rings. The molecule has 6 nitrogen and oxygen atoms in total. The second kappa shape index (κ2) is 7.14. The number of oxazole rings is 1. The predicted molar refractivity (Wildman–Crippen MR) is 91.8 cm³/mol. The van der Waals surface area contributed by atoms with Crippen LogP contribution in [0.5, 0.6) is 0 Å². The highest BCUT2D eigenvalue weighted by atomic mass is 16.5. The number of carbonyl (C=O) groups is 1. The molecule has 0 radical (unpaired) electrons. The molecule has 0 fully saturated rings. The van der Waals surface area contributed by atoms with E-state index in [9.17, 15) is 4.79 Å². The first kappa shape index (κ1) is 16.0. The van der Waals surface area contributed by atoms with E-state index in [-0.39, 0.29) is 6.03 Å². The summed E-state index contributed by atoms with van der Waals surface area (Å²) in [5.41, 5.74) is 4.18. The molecule has 2 N–H and O–H groups in total. The number of nitrogens with one attached hydrogen (secondary N) is 2. The first-order valence-electron chi connectivity index (χ1n) is 7.63. The van der Waals surface area contributed by atoms with E-state index in [0.717, 1.165) is 16.6 Å². The molecule has 0 aliphatic heterocycles. The van der Waals surface area contributed by atoms with Crippen LogP contribution in [-0.4, -0.2) is 18.1 Å². The number of methoxy groups -OCH3 is 1. The molecule has 2 amide bonds. The molecule has 3 rings (SSSR count). The van der Waals surface area contributed by atoms with E-state index in [1.807, 2.05) is 24.3 Å². The summed E-state index contributed by atoms with van der Waals surface area (Å²) in [7, 11) is 1.66. The summed E-state index contributed by atoms with van der Waals surface area (Å²) in [4.78, 5) is 16.3. The number of benzene rings is 2. The lowest BCUT2D eigenvalue weighted by atomic mass is 10.1. The highest BCUT2D eigenvalue weighted by molar-refractivity contribution is 5.91. The normalized spacial score (nSPS) is 10.8. The van der Waals surface area contributed by atoms with Crippen LogP contribution < -0.4 is 10.6 Å². The van der Waals surface area contributed by atoms with Crippen molar-refractivity contribution in [3.63, 3.8) is 0 Å². The van der Waals surface area contributed by atoms with Gasteiger partial charge in [-0.2, -0.15) is 0 Å². The van der Waals surface area contributed by atoms with Crippen molar-refractivity contribution in [1.29, 1.82) is 0 Å². The lowest BCUT2D eigenvalue weighted by Crippen LogP contribution is -2.28. The third-order valence-electron chi connectivity index (χ3n) is 3.51. The average Bonchev–Trinajstić information content (AvgIpc) is 2.93. The van der Waals surface area contributed by atoms with Gasteiger partial charge in [0.1, 0.15) is 5.52 Å². The van der Waals surface area contributed by atoms with Crippen molar-refractivity contribution in [3.05, 3.63) is 59.5 Å². The highest BCUT2D eigenvalue weighted by Crippen LogP contribution is 2.19. The van der Waals surface area contributed by atoms with Crippen LogP contribution in [0.4, 0.5) is 10.5 Å². The van der Waals surface area contributed by atoms with Crippen molar-refractivity contribution < 1.29 is 13.9 Å². The van der Waals surface area contributed by atoms with Crippen molar-refractivity contribution in [2.24, 2.45) is 0 Å². The van der Waals surface area contributed by atoms with Crippen molar-refractivity contribution in [2.75, 3.05) is 12.4 Å². The Bertz CT molecular complexity index is 858. The number of rotatable bonds is 5. The number of urea groups is 1. The zero-order valence-corrected chi connectivity index (χ0v) is 13.6. The molecule has 0 atom stereocenters. The van der Waals surface area contributed by atoms with Gasteiger partial charge in [0.2, 0.25) is 0 Å². The lowest BCUT2D eigenvalue weighted by molar-refractivity contribution is 0.185. The van der Waals surface area contributed by atoms with Gasteiger partial charge in [0.25, 0.3) is 0 Å². The second-order valence-corrected chi connectivity index (χ2v) is 5.48. The number of nitrogens with zero attached hydrogens (tertiary/aromatic N) is 1. The summed E-state index contributed by atoms with van der Waals surface area (Å²) < 4.78 is 10.5. The van der Waals surface area contributed by atoms with Gasteiger partial charge in [-0.3, -0.25) is 0 Å². The Morgan fingerprint density at radius 3 is 2.88 bits per heavy atom. The smallest absolute Gasteiger partial charge is 0.319 e. The SMILES string of the molecule is COCc1cccc(CNC(=O)Nc2ccc3oc(C)nc3c2)c1. The minimum absolute atomic E-state index is 0.272. The number of ether oxygens (including phenoxy) is 1. The number of aromatic nitrogens is 1. The van der Waals surface area contributed by atoms with Crippen LogP contribution in [0.25, 0.3) is 11.1 Å². The van der Waals surface area contributed by atoms with Gasteiger partial charge in [-0.05, 0) is 29.3 Å². The Morgan fingerprint density at radius 2 is 2.04 bits per heavy atom. The summed E-state index contributed by atoms with van der Waals surface area (Å²) in [6, 6.07) is 13.0. The van der Waals surface area contributed by atoms with Gasteiger partial charge < -0.3 is 19.8 Å². The van der Waals surface area contributed by atoms with Gasteiger partial charge in [0, 0.05) is 26.3 Å². The maximum atomic E-state index is 12.0. The summed E-state index contributed by atoms with van der Waals surface area (Å²) in [5, 5.41) is 5.63. The Kier molecular flexibility index (Phi) is 4.77. The lowest BCUT2D eigenvalue weighted by Gasteiger charge is -2.09. The topological polar surface area (TPSA) is 76.4 Å². The first-order valence-corrected chi connectivity index (χ1v) is 7.63. The molecule has 2 aromatic carbocycles. The van der Waals surface area contributed by atoms with E-state index < -0.39 is 0 Å². The number of hydrogen-bond acceptors (Lipinski definition) is 4. The van der Waals surface area contributed by atoms with Gasteiger partial charge in [0.05, 0.1) is 6.61 Å². The Labute approximate surface area is 139 Å². The monoisotopic (exact) mass is 325 g/mol. The van der Waals surface area contributed by atoms with Crippen molar-refractivity contribution >= 4 is 22.8 Å². The van der Waals surface area contributed by atoms with Gasteiger partial charge in [-0.1, -0.05) is 24.3 Å². The first-order chi connectivity index (χ1) is 11.6. The molecule has 0 saturated heterocycles. The molecule has 24 heavy (non-hydrogen) atoms. The van der Waals surface area contributed by atoms with Gasteiger partial charge in [0.15, 0.2) is 11.5 Å². The van der Waals surface area contributed by atoms with E-state index >= 15 is 0 Å². The molecule has 3 aromatic rings. The maximum Gasteiger partial charge on any atom is 0.319 e. The summed E-state index contributed by atoms with van der Waals surface area (Å²) >= 11 is 0. The molecule has 124 valence electrons. The minimum Gasteiger partial charge on any atom is -0.441 e. The van der Waals surface area contributed by atoms with E-state index in [4.69, 9.17) is 9.15 Å². The highest BCUT2D eigenvalue weighted by Gasteiger charge is 2.06. The Hall–Kier alpha value is -2.86. The van der Waals surface area contributed by atoms with E-state index in [1.54, 1.807) is 32.2 Å². The molecular weight excluding hydrogens is 306 g/mol. The quantitative estimate of drug-likeness (QED) is 0.751. The summed E-state index contributed by atoms with van der Waals surface area (Å²) in [6.07, 6.45) is 0. The Balaban J connectivity index is 1.59. The fourth-order valence-corrected chi connectivity index (χ4v) is 2.47. The van der Waals surface area contributed by atoms with Crippen molar-refractivity contribution in [3.8, 4) is 0 Å². The number of carbonyl (C=O) groups excluding carboxylic acids is 1. The van der Waals surface area contributed by atoms with Crippen LogP contribution >= 0.6 is 0 Å². The van der Waals surface area contributed by atoms with Gasteiger partial charge in [-0.15, -0.1) is 0 Å². The number of hydrogen-bond donors (Lipinski definition) is 2. The molecule has 0 aliphatic carbocycles. The number of anilines is 1. The largest absolute Gasteiger partial charge is 0.441 e. The summed E-state index contributed by atoms with van der Waals surface area (Å²) in [5.74, 6) is 0.600. The van der Waals surface area contributed by atoms with E-state index in [0.29, 0.717) is 30.3 Å². The van der Waals surface area contributed by atoms with Crippen LogP contribution in [0.3, 0.4) is 0 Å². The van der Waals surface area contributed by atoms with Gasteiger partial charge >= 0.3 is 6.03 Å². The van der Waals surface area contributed by atoms with Crippen LogP contribution in [0.15, 0.2) is 46.9 Å². The van der Waals surface area contributed by atoms with Crippen LogP contribution in [0.1, 0.15) is 17.0 Å². The molecule has 1 aromatic heterocycles. The number of amides is 2. The van der Waals surface area contributed by atoms with Gasteiger partial charge in [-0.25, -0.2) is 9.78 Å². The fourth-order valence-electron chi connectivity index (χ4n) is 2.47. The zero-order chi connectivity index (χ0) is 16.9. The zero-order valence-electron chi connectivity index (χ0n) is 13.6. The number of fused-ring (bicyclic) bond motifs is 1. The van der Waals surface area contributed by atoms with Crippen LogP contribution in [0, 0.1) is 6.92 Å². The standard InChI is InChI=1S/C18H19N3O3/c1-12-20-16-9-15(6-7-17(16)24-12)21-18(22)19-10-13-4-3-5-14(8-13)11-23-2/h3-9H,10-11H2,1-2H3,(H2,19,21,22). The predicted octanol–water partition coefficient (Wildman–Crippen LogP) is 3.60. The molecule has 0 unspecified atom stereocenters. The average molecular weight is 325 g/mol. The molecule has 1 heterocycles. The molecule has 0 bridgehead atoms. The molecular formula is C18H19N3O3. The Morgan fingerprint density at radius 1 is 1.21 bits per heavy atom.